The maximum absolute atomic E-state index is 13.1. The van der Waals surface area contributed by atoms with Crippen LogP contribution in [0.15, 0.2) is 18.2 Å². The largest absolute Gasteiger partial charge is 0.380 e. The summed E-state index contributed by atoms with van der Waals surface area (Å²) < 4.78 is 18.2. The second-order valence-corrected chi connectivity index (χ2v) is 5.00. The number of rotatable bonds is 3. The number of aryl methyl sites for hydroxylation is 1. The molecule has 1 aliphatic rings. The number of hydrogen-bond donors (Lipinski definition) is 1. The Morgan fingerprint density at radius 2 is 2.18 bits per heavy atom. The van der Waals surface area contributed by atoms with Crippen LogP contribution in [0.2, 0.25) is 0 Å². The normalized spacial score (nSPS) is 17.4. The van der Waals surface area contributed by atoms with E-state index < -0.39 is 0 Å². The lowest BCUT2D eigenvalue weighted by Gasteiger charge is -2.38. The summed E-state index contributed by atoms with van der Waals surface area (Å²) in [6.07, 6.45) is 0. The first-order valence-corrected chi connectivity index (χ1v) is 5.62. The van der Waals surface area contributed by atoms with Crippen LogP contribution in [0.4, 0.5) is 4.39 Å². The lowest BCUT2D eigenvalue weighted by Crippen LogP contribution is -2.48. The molecule has 0 atom stereocenters. The first kappa shape index (κ1) is 12.0. The minimum absolute atomic E-state index is 0.0258. The molecule has 1 aromatic rings. The van der Waals surface area contributed by atoms with Crippen molar-refractivity contribution < 1.29 is 13.9 Å². The topological polar surface area (TPSA) is 38.3 Å². The molecule has 4 heteroatoms. The van der Waals surface area contributed by atoms with Crippen LogP contribution in [0.3, 0.4) is 0 Å². The molecule has 0 spiro atoms. The maximum Gasteiger partial charge on any atom is 0.251 e. The lowest BCUT2D eigenvalue weighted by atomic mass is 9.88. The van der Waals surface area contributed by atoms with Gasteiger partial charge in [-0.25, -0.2) is 4.39 Å². The number of carbonyl (C=O) groups excluding carboxylic acids is 1. The van der Waals surface area contributed by atoms with Crippen molar-refractivity contribution in [2.75, 3.05) is 19.8 Å². The van der Waals surface area contributed by atoms with Crippen LogP contribution >= 0.6 is 0 Å². The Hall–Kier alpha value is -1.42. The van der Waals surface area contributed by atoms with Crippen LogP contribution in [0.5, 0.6) is 0 Å². The molecule has 1 heterocycles. The maximum atomic E-state index is 13.1. The van der Waals surface area contributed by atoms with Crippen LogP contribution in [-0.2, 0) is 4.74 Å². The summed E-state index contributed by atoms with van der Waals surface area (Å²) in [5.74, 6) is -0.617. The molecule has 0 bridgehead atoms. The quantitative estimate of drug-likeness (QED) is 0.872. The summed E-state index contributed by atoms with van der Waals surface area (Å²) >= 11 is 0. The molecular weight excluding hydrogens is 221 g/mol. The third-order valence-electron chi connectivity index (χ3n) is 2.88. The van der Waals surface area contributed by atoms with E-state index in [4.69, 9.17) is 4.74 Å². The first-order valence-electron chi connectivity index (χ1n) is 5.62. The second-order valence-electron chi connectivity index (χ2n) is 5.00. The van der Waals surface area contributed by atoms with Gasteiger partial charge in [0.25, 0.3) is 5.91 Å². The molecule has 2 rings (SSSR count). The average molecular weight is 237 g/mol. The molecule has 17 heavy (non-hydrogen) atoms. The van der Waals surface area contributed by atoms with Gasteiger partial charge in [0.05, 0.1) is 13.2 Å². The Bertz CT molecular complexity index is 421. The van der Waals surface area contributed by atoms with Gasteiger partial charge in [-0.2, -0.15) is 0 Å². The lowest BCUT2D eigenvalue weighted by molar-refractivity contribution is -0.0978. The van der Waals surface area contributed by atoms with E-state index in [0.717, 1.165) is 5.56 Å². The number of halogens is 1. The van der Waals surface area contributed by atoms with Gasteiger partial charge in [0, 0.05) is 17.5 Å². The summed E-state index contributed by atoms with van der Waals surface area (Å²) in [5, 5.41) is 2.81. The highest BCUT2D eigenvalue weighted by Crippen LogP contribution is 2.25. The second kappa shape index (κ2) is 4.45. The molecule has 0 unspecified atom stereocenters. The molecule has 1 amide bonds. The minimum atomic E-state index is -0.381. The van der Waals surface area contributed by atoms with Gasteiger partial charge in [0.2, 0.25) is 0 Å². The Balaban J connectivity index is 1.99. The van der Waals surface area contributed by atoms with Crippen LogP contribution < -0.4 is 5.32 Å². The van der Waals surface area contributed by atoms with Crippen LogP contribution in [0.1, 0.15) is 22.8 Å². The zero-order chi connectivity index (χ0) is 12.5. The van der Waals surface area contributed by atoms with E-state index in [1.807, 2.05) is 6.92 Å². The summed E-state index contributed by atoms with van der Waals surface area (Å²) in [5.41, 5.74) is 1.14. The molecule has 1 aromatic carbocycles. The molecule has 1 N–H and O–H groups in total. The molecule has 0 saturated carbocycles. The van der Waals surface area contributed by atoms with E-state index in [2.05, 4.69) is 5.32 Å². The van der Waals surface area contributed by atoms with Gasteiger partial charge in [0.15, 0.2) is 0 Å². The number of benzene rings is 1. The fourth-order valence-electron chi connectivity index (χ4n) is 1.82. The molecule has 0 radical (unpaired) electrons. The standard InChI is InChI=1S/C13H16FNO2/c1-9-3-10(5-11(14)4-9)12(16)15-6-13(2)7-17-8-13/h3-5H,6-8H2,1-2H3,(H,15,16). The smallest absolute Gasteiger partial charge is 0.251 e. The van der Waals surface area contributed by atoms with Gasteiger partial charge in [-0.1, -0.05) is 6.92 Å². The SMILES string of the molecule is Cc1cc(F)cc(C(=O)NCC2(C)COC2)c1. The highest BCUT2D eigenvalue weighted by molar-refractivity contribution is 5.94. The summed E-state index contributed by atoms with van der Waals surface area (Å²) in [4.78, 5) is 11.8. The van der Waals surface area contributed by atoms with Crippen molar-refractivity contribution in [3.63, 3.8) is 0 Å². The average Bonchev–Trinajstić information content (AvgIpc) is 2.22. The van der Waals surface area contributed by atoms with Gasteiger partial charge in [0.1, 0.15) is 5.82 Å². The molecule has 1 saturated heterocycles. The fourth-order valence-corrected chi connectivity index (χ4v) is 1.82. The first-order chi connectivity index (χ1) is 7.98. The van der Waals surface area contributed by atoms with Crippen LogP contribution in [-0.4, -0.2) is 25.7 Å². The van der Waals surface area contributed by atoms with Gasteiger partial charge in [-0.05, 0) is 30.7 Å². The summed E-state index contributed by atoms with van der Waals surface area (Å²) in [7, 11) is 0. The minimum Gasteiger partial charge on any atom is -0.380 e. The third-order valence-corrected chi connectivity index (χ3v) is 2.88. The highest BCUT2D eigenvalue weighted by atomic mass is 19.1. The van der Waals surface area contributed by atoms with E-state index in [-0.39, 0.29) is 17.1 Å². The predicted molar refractivity (Wildman–Crippen MR) is 62.4 cm³/mol. The number of amides is 1. The Morgan fingerprint density at radius 3 is 2.71 bits per heavy atom. The van der Waals surface area contributed by atoms with Crippen molar-refractivity contribution in [1.82, 2.24) is 5.32 Å². The summed E-state index contributed by atoms with van der Waals surface area (Å²) in [6.45, 7) is 5.70. The van der Waals surface area contributed by atoms with Crippen molar-refractivity contribution in [1.29, 1.82) is 0 Å². The number of hydrogen-bond acceptors (Lipinski definition) is 2. The van der Waals surface area contributed by atoms with Gasteiger partial charge in [-0.3, -0.25) is 4.79 Å². The van der Waals surface area contributed by atoms with Gasteiger partial charge < -0.3 is 10.1 Å². The Labute approximate surface area is 100.0 Å². The highest BCUT2D eigenvalue weighted by Gasteiger charge is 2.33. The number of nitrogens with one attached hydrogen (secondary N) is 1. The molecular formula is C13H16FNO2. The zero-order valence-electron chi connectivity index (χ0n) is 10.0. The summed E-state index contributed by atoms with van der Waals surface area (Å²) in [6, 6.07) is 4.33. The van der Waals surface area contributed by atoms with Crippen LogP contribution in [0.25, 0.3) is 0 Å². The monoisotopic (exact) mass is 237 g/mol. The van der Waals surface area contributed by atoms with E-state index in [1.165, 1.54) is 12.1 Å². The number of carbonyl (C=O) groups is 1. The third kappa shape index (κ3) is 2.82. The van der Waals surface area contributed by atoms with Crippen molar-refractivity contribution in [3.05, 3.63) is 35.1 Å². The Morgan fingerprint density at radius 1 is 1.47 bits per heavy atom. The number of ether oxygens (including phenoxy) is 1. The molecule has 0 aromatic heterocycles. The van der Waals surface area contributed by atoms with E-state index in [1.54, 1.807) is 13.0 Å². The van der Waals surface area contributed by atoms with Crippen LogP contribution in [0, 0.1) is 18.2 Å². The Kier molecular flexibility index (Phi) is 3.15. The molecule has 3 nitrogen and oxygen atoms in total. The van der Waals surface area contributed by atoms with Crippen molar-refractivity contribution in [2.45, 2.75) is 13.8 Å². The van der Waals surface area contributed by atoms with Gasteiger partial charge >= 0.3 is 0 Å². The predicted octanol–water partition coefficient (Wildman–Crippen LogP) is 1.90. The molecule has 1 aliphatic heterocycles. The van der Waals surface area contributed by atoms with E-state index in [9.17, 15) is 9.18 Å². The molecule has 1 fully saturated rings. The molecule has 92 valence electrons. The van der Waals surface area contributed by atoms with E-state index in [0.29, 0.717) is 25.3 Å². The fraction of sp³-hybridized carbons (Fsp3) is 0.462. The van der Waals surface area contributed by atoms with Gasteiger partial charge in [-0.15, -0.1) is 0 Å². The van der Waals surface area contributed by atoms with Crippen molar-refractivity contribution in [3.8, 4) is 0 Å². The molecule has 0 aliphatic carbocycles. The zero-order valence-corrected chi connectivity index (χ0v) is 10.0. The van der Waals surface area contributed by atoms with Crippen molar-refractivity contribution >= 4 is 5.91 Å². The van der Waals surface area contributed by atoms with E-state index >= 15 is 0 Å². The van der Waals surface area contributed by atoms with Crippen molar-refractivity contribution in [2.24, 2.45) is 5.41 Å².